The summed E-state index contributed by atoms with van der Waals surface area (Å²) in [5, 5.41) is 4.11. The van der Waals surface area contributed by atoms with Gasteiger partial charge in [-0.15, -0.1) is 0 Å². The Labute approximate surface area is 220 Å². The van der Waals surface area contributed by atoms with E-state index in [-0.39, 0.29) is 25.2 Å². The lowest BCUT2D eigenvalue weighted by atomic mass is 9.84. The van der Waals surface area contributed by atoms with Gasteiger partial charge < -0.3 is 9.80 Å². The summed E-state index contributed by atoms with van der Waals surface area (Å²) < 4.78 is 88.1. The number of likely N-dealkylation sites (N-methyl/N-ethyl adjacent to an activating group) is 1. The second kappa shape index (κ2) is 10.3. The van der Waals surface area contributed by atoms with Gasteiger partial charge in [0.1, 0.15) is 0 Å². The van der Waals surface area contributed by atoms with E-state index in [1.54, 1.807) is 37.3 Å². The van der Waals surface area contributed by atoms with E-state index in [1.165, 1.54) is 27.1 Å². The summed E-state index contributed by atoms with van der Waals surface area (Å²) in [5.41, 5.74) is 0.432. The van der Waals surface area contributed by atoms with Gasteiger partial charge in [-0.1, -0.05) is 30.3 Å². The van der Waals surface area contributed by atoms with Gasteiger partial charge in [0.25, 0.3) is 0 Å². The highest BCUT2D eigenvalue weighted by atomic mass is 32.1. The van der Waals surface area contributed by atoms with Gasteiger partial charge >= 0.3 is 6.18 Å². The summed E-state index contributed by atoms with van der Waals surface area (Å²) in [4.78, 5) is 19.2. The van der Waals surface area contributed by atoms with E-state index in [1.807, 2.05) is 0 Å². The van der Waals surface area contributed by atoms with Gasteiger partial charge in [-0.3, -0.25) is 9.48 Å². The number of aryl methyl sites for hydroxylation is 1. The number of amides is 1. The lowest BCUT2D eigenvalue weighted by Gasteiger charge is -2.34. The van der Waals surface area contributed by atoms with Crippen LogP contribution in [0.3, 0.4) is 0 Å². The molecule has 188 valence electrons. The number of halogens is 3. The summed E-state index contributed by atoms with van der Waals surface area (Å²) in [7, 11) is 0. The Morgan fingerprint density at radius 3 is 2.81 bits per heavy atom. The maximum absolute atomic E-state index is 14.0. The van der Waals surface area contributed by atoms with E-state index in [0.717, 1.165) is 17.7 Å². The first-order valence-corrected chi connectivity index (χ1v) is 11.8. The van der Waals surface area contributed by atoms with E-state index >= 15 is 0 Å². The van der Waals surface area contributed by atoms with Gasteiger partial charge in [0.15, 0.2) is 5.69 Å². The van der Waals surface area contributed by atoms with Crippen LogP contribution >= 0.6 is 11.3 Å². The van der Waals surface area contributed by atoms with Crippen molar-refractivity contribution in [2.45, 2.75) is 32.1 Å². The minimum atomic E-state index is -4.70. The Morgan fingerprint density at radius 1 is 1.33 bits per heavy atom. The standard InChI is InChI=1S/C26H26F3N5OS/c1-5-34-15-21(25(31-34)26(27,28)29)18-10-7-6-9-17(18)20-14-33(24(35)11-8-12-32(3)4)16-22-19(20)13-23(30-2)36-22/h6-11,13,15,20H,5,12,14,16H2,1,3-4H3/b11-8+/t20-/m0/s1/i3D3,4D3. The molecule has 0 N–H and O–H groups in total. The van der Waals surface area contributed by atoms with Crippen LogP contribution in [0.4, 0.5) is 18.2 Å². The fourth-order valence-corrected chi connectivity index (χ4v) is 5.32. The van der Waals surface area contributed by atoms with Crippen LogP contribution in [0.2, 0.25) is 0 Å². The van der Waals surface area contributed by atoms with Gasteiger partial charge in [-0.2, -0.15) is 29.6 Å². The van der Waals surface area contributed by atoms with E-state index < -0.39 is 44.2 Å². The Kier molecular flexibility index (Phi) is 5.37. The molecule has 0 aliphatic carbocycles. The monoisotopic (exact) mass is 519 g/mol. The first-order chi connectivity index (χ1) is 19.5. The van der Waals surface area contributed by atoms with Crippen LogP contribution in [0.15, 0.2) is 48.7 Å². The molecule has 1 aliphatic rings. The molecule has 36 heavy (non-hydrogen) atoms. The molecule has 1 atom stereocenters. The molecule has 0 unspecified atom stereocenters. The van der Waals surface area contributed by atoms with Crippen LogP contribution in [0, 0.1) is 6.57 Å². The van der Waals surface area contributed by atoms with Crippen LogP contribution < -0.4 is 0 Å². The highest BCUT2D eigenvalue weighted by Crippen LogP contribution is 2.45. The van der Waals surface area contributed by atoms with Crippen LogP contribution in [-0.2, 0) is 24.1 Å². The lowest BCUT2D eigenvalue weighted by Crippen LogP contribution is -2.37. The molecule has 1 amide bonds. The Hall–Kier alpha value is -3.42. The molecule has 1 aliphatic heterocycles. The number of carbonyl (C=O) groups is 1. The van der Waals surface area contributed by atoms with Crippen molar-refractivity contribution in [2.75, 3.05) is 27.0 Å². The van der Waals surface area contributed by atoms with Gasteiger partial charge in [0.05, 0.1) is 13.1 Å². The zero-order valence-corrected chi connectivity index (χ0v) is 20.0. The molecule has 3 aromatic rings. The molecule has 10 heteroatoms. The van der Waals surface area contributed by atoms with E-state index in [9.17, 15) is 18.0 Å². The van der Waals surface area contributed by atoms with Crippen molar-refractivity contribution in [1.82, 2.24) is 19.6 Å². The second-order valence-corrected chi connectivity index (χ2v) is 9.31. The molecule has 2 aromatic heterocycles. The topological polar surface area (TPSA) is 45.7 Å². The molecule has 0 fully saturated rings. The van der Waals surface area contributed by atoms with Gasteiger partial charge in [-0.05, 0) is 43.6 Å². The number of hydrogen-bond donors (Lipinski definition) is 0. The van der Waals surface area contributed by atoms with E-state index in [4.69, 9.17) is 14.8 Å². The highest BCUT2D eigenvalue weighted by Gasteiger charge is 2.39. The fourth-order valence-electron chi connectivity index (χ4n) is 4.29. The Bertz CT molecular complexity index is 1520. The van der Waals surface area contributed by atoms with Crippen molar-refractivity contribution in [3.8, 4) is 11.1 Å². The lowest BCUT2D eigenvalue weighted by molar-refractivity contribution is -0.141. The largest absolute Gasteiger partial charge is 0.435 e. The third-order valence-corrected chi connectivity index (χ3v) is 6.92. The average Bonchev–Trinajstić information content (AvgIpc) is 3.53. The first-order valence-electron chi connectivity index (χ1n) is 14.0. The van der Waals surface area contributed by atoms with Gasteiger partial charge in [-0.25, -0.2) is 4.85 Å². The number of hydrogen-bond acceptors (Lipinski definition) is 4. The maximum atomic E-state index is 14.0. The number of alkyl halides is 3. The van der Waals surface area contributed by atoms with Crippen molar-refractivity contribution in [1.29, 1.82) is 0 Å². The Balaban J connectivity index is 1.73. The first kappa shape index (κ1) is 18.8. The number of nitrogens with zero attached hydrogens (tertiary/aromatic N) is 5. The third kappa shape index (κ3) is 5.22. The second-order valence-electron chi connectivity index (χ2n) is 8.19. The SMILES string of the molecule is [2H]C([2H])([2H])N(C/C=C/C(=O)N1Cc2sc([N+]#[C-])cc2[C@H](c2ccccc2-c2cn(CC)nc2C(F)(F)F)C1)C([2H])([2H])[2H]. The Morgan fingerprint density at radius 2 is 2.11 bits per heavy atom. The zero-order valence-electron chi connectivity index (χ0n) is 25.2. The van der Waals surface area contributed by atoms with Crippen LogP contribution in [0.1, 0.15) is 42.8 Å². The predicted octanol–water partition coefficient (Wildman–Crippen LogP) is 5.79. The summed E-state index contributed by atoms with van der Waals surface area (Å²) in [6.45, 7) is 3.20. The molecular weight excluding hydrogens is 487 g/mol. The molecule has 0 saturated heterocycles. The predicted molar refractivity (Wildman–Crippen MR) is 134 cm³/mol. The number of fused-ring (bicyclic) bond motifs is 1. The number of benzene rings is 1. The normalized spacial score (nSPS) is 19.1. The van der Waals surface area contributed by atoms with Crippen molar-refractivity contribution in [2.24, 2.45) is 0 Å². The minimum Gasteiger partial charge on any atom is -0.333 e. The third-order valence-electron chi connectivity index (χ3n) is 5.89. The molecule has 0 saturated carbocycles. The number of aromatic nitrogens is 2. The van der Waals surface area contributed by atoms with Crippen molar-refractivity contribution >= 4 is 22.2 Å². The molecule has 1 aromatic carbocycles. The van der Waals surface area contributed by atoms with Crippen molar-refractivity contribution < 1.29 is 26.2 Å². The molecule has 0 spiro atoms. The molecular formula is C26H26F3N5OS. The van der Waals surface area contributed by atoms with E-state index in [2.05, 4.69) is 9.94 Å². The zero-order chi connectivity index (χ0) is 31.0. The summed E-state index contributed by atoms with van der Waals surface area (Å²) in [6, 6.07) is 8.27. The van der Waals surface area contributed by atoms with Gasteiger partial charge in [0.2, 0.25) is 10.9 Å². The van der Waals surface area contributed by atoms with Crippen LogP contribution in [0.5, 0.6) is 0 Å². The smallest absolute Gasteiger partial charge is 0.333 e. The molecule has 0 radical (unpaired) electrons. The number of thiophene rings is 1. The van der Waals surface area contributed by atoms with Crippen LogP contribution in [0.25, 0.3) is 16.0 Å². The van der Waals surface area contributed by atoms with Gasteiger partial charge in [0, 0.05) is 56.5 Å². The van der Waals surface area contributed by atoms with E-state index in [0.29, 0.717) is 25.9 Å². The highest BCUT2D eigenvalue weighted by molar-refractivity contribution is 7.16. The van der Waals surface area contributed by atoms with Crippen molar-refractivity contribution in [3.63, 3.8) is 0 Å². The molecule has 0 bridgehead atoms. The van der Waals surface area contributed by atoms with Crippen LogP contribution in [-0.4, -0.2) is 52.5 Å². The average molecular weight is 520 g/mol. The quantitative estimate of drug-likeness (QED) is 0.306. The van der Waals surface area contributed by atoms with Crippen molar-refractivity contribution in [3.05, 3.63) is 81.8 Å². The summed E-state index contributed by atoms with van der Waals surface area (Å²) in [6.07, 6.45) is -1.11. The maximum Gasteiger partial charge on any atom is 0.435 e. The summed E-state index contributed by atoms with van der Waals surface area (Å²) in [5.74, 6) is -1.12. The summed E-state index contributed by atoms with van der Waals surface area (Å²) >= 11 is 1.18. The molecule has 4 rings (SSSR count). The minimum absolute atomic E-state index is 0.0624. The fraction of sp³-hybridized carbons (Fsp3) is 0.346. The molecule has 6 nitrogen and oxygen atoms in total. The number of carbonyl (C=O) groups excluding carboxylic acids is 1. The number of rotatable bonds is 6. The molecule has 3 heterocycles.